The van der Waals surface area contributed by atoms with Gasteiger partial charge in [0.25, 0.3) is 0 Å². The fourth-order valence-electron chi connectivity index (χ4n) is 1.72. The zero-order valence-corrected chi connectivity index (χ0v) is 11.1. The van der Waals surface area contributed by atoms with E-state index in [1.165, 1.54) is 11.1 Å². The Hall–Kier alpha value is -1.82. The van der Waals surface area contributed by atoms with Gasteiger partial charge in [0.05, 0.1) is 12.5 Å². The third kappa shape index (κ3) is 5.01. The number of aryl methyl sites for hydroxylation is 2. The number of carbonyl (C=O) groups is 1. The van der Waals surface area contributed by atoms with Gasteiger partial charge >= 0.3 is 0 Å². The van der Waals surface area contributed by atoms with Gasteiger partial charge in [-0.15, -0.1) is 0 Å². The Bertz CT molecular complexity index is 446. The summed E-state index contributed by atoms with van der Waals surface area (Å²) in [6, 6.07) is 8.20. The van der Waals surface area contributed by atoms with Gasteiger partial charge in [0.15, 0.2) is 0 Å². The van der Waals surface area contributed by atoms with Crippen LogP contribution in [0.3, 0.4) is 0 Å². The molecule has 1 N–H and O–H groups in total. The molecule has 3 nitrogen and oxygen atoms in total. The fourth-order valence-corrected chi connectivity index (χ4v) is 1.72. The zero-order chi connectivity index (χ0) is 13.4. The first kappa shape index (κ1) is 14.2. The van der Waals surface area contributed by atoms with Crippen LogP contribution >= 0.6 is 0 Å². The quantitative estimate of drug-likeness (QED) is 0.782. The van der Waals surface area contributed by atoms with E-state index < -0.39 is 0 Å². The zero-order valence-electron chi connectivity index (χ0n) is 11.1. The number of rotatable bonds is 6. The van der Waals surface area contributed by atoms with Crippen molar-refractivity contribution in [2.75, 3.05) is 6.54 Å². The fraction of sp³-hybridized carbons (Fsp3) is 0.467. The summed E-state index contributed by atoms with van der Waals surface area (Å²) < 4.78 is 0. The van der Waals surface area contributed by atoms with Crippen molar-refractivity contribution in [1.29, 1.82) is 5.26 Å². The molecule has 1 aromatic carbocycles. The van der Waals surface area contributed by atoms with Crippen LogP contribution in [-0.4, -0.2) is 12.5 Å². The standard InChI is InChI=1S/C15H20N2O/c1-12-6-7-14(10-13(12)2)11-15(18)17-9-5-3-4-8-16/h6-7,10H,3-5,9,11H2,1-2H3,(H,17,18). The number of nitrogens with zero attached hydrogens (tertiary/aromatic N) is 1. The Morgan fingerprint density at radius 1 is 1.28 bits per heavy atom. The van der Waals surface area contributed by atoms with Crippen LogP contribution in [0.2, 0.25) is 0 Å². The van der Waals surface area contributed by atoms with Gasteiger partial charge in [-0.3, -0.25) is 4.79 Å². The molecule has 0 unspecified atom stereocenters. The van der Waals surface area contributed by atoms with Crippen LogP contribution < -0.4 is 5.32 Å². The highest BCUT2D eigenvalue weighted by Crippen LogP contribution is 2.10. The third-order valence-corrected chi connectivity index (χ3v) is 2.97. The lowest BCUT2D eigenvalue weighted by molar-refractivity contribution is -0.120. The van der Waals surface area contributed by atoms with Gasteiger partial charge in [-0.2, -0.15) is 5.26 Å². The molecule has 0 aliphatic heterocycles. The number of unbranched alkanes of at least 4 members (excludes halogenated alkanes) is 2. The Morgan fingerprint density at radius 3 is 2.72 bits per heavy atom. The molecule has 0 saturated carbocycles. The van der Waals surface area contributed by atoms with E-state index in [1.807, 2.05) is 12.1 Å². The topological polar surface area (TPSA) is 52.9 Å². The van der Waals surface area contributed by atoms with Crippen molar-refractivity contribution in [3.05, 3.63) is 34.9 Å². The number of hydrogen-bond acceptors (Lipinski definition) is 2. The van der Waals surface area contributed by atoms with E-state index in [2.05, 4.69) is 31.3 Å². The van der Waals surface area contributed by atoms with Gasteiger partial charge in [-0.1, -0.05) is 18.2 Å². The van der Waals surface area contributed by atoms with Crippen LogP contribution in [0.1, 0.15) is 36.0 Å². The summed E-state index contributed by atoms with van der Waals surface area (Å²) in [7, 11) is 0. The molecular weight excluding hydrogens is 224 g/mol. The molecule has 0 heterocycles. The van der Waals surface area contributed by atoms with Crippen LogP contribution in [0, 0.1) is 25.2 Å². The molecule has 3 heteroatoms. The molecule has 1 rings (SSSR count). The van der Waals surface area contributed by atoms with Gasteiger partial charge < -0.3 is 5.32 Å². The average molecular weight is 244 g/mol. The summed E-state index contributed by atoms with van der Waals surface area (Å²) in [5.41, 5.74) is 3.51. The number of hydrogen-bond donors (Lipinski definition) is 1. The van der Waals surface area contributed by atoms with E-state index in [9.17, 15) is 4.79 Å². The lowest BCUT2D eigenvalue weighted by Gasteiger charge is -2.06. The number of carbonyl (C=O) groups excluding carboxylic acids is 1. The monoisotopic (exact) mass is 244 g/mol. The minimum absolute atomic E-state index is 0.0511. The molecular formula is C15H20N2O. The number of nitriles is 1. The molecule has 0 aliphatic rings. The molecule has 0 aromatic heterocycles. The van der Waals surface area contributed by atoms with Crippen molar-refractivity contribution in [3.8, 4) is 6.07 Å². The first-order valence-corrected chi connectivity index (χ1v) is 6.33. The molecule has 18 heavy (non-hydrogen) atoms. The third-order valence-electron chi connectivity index (χ3n) is 2.97. The van der Waals surface area contributed by atoms with E-state index in [-0.39, 0.29) is 5.91 Å². The highest BCUT2D eigenvalue weighted by atomic mass is 16.1. The maximum Gasteiger partial charge on any atom is 0.224 e. The van der Waals surface area contributed by atoms with Crippen molar-refractivity contribution in [2.45, 2.75) is 39.5 Å². The Kier molecular flexibility index (Phi) is 5.93. The maximum atomic E-state index is 11.7. The number of nitrogens with one attached hydrogen (secondary N) is 1. The van der Waals surface area contributed by atoms with Crippen molar-refractivity contribution in [1.82, 2.24) is 5.32 Å². The highest BCUT2D eigenvalue weighted by Gasteiger charge is 2.03. The minimum atomic E-state index is 0.0511. The summed E-state index contributed by atoms with van der Waals surface area (Å²) in [6.07, 6.45) is 2.71. The average Bonchev–Trinajstić information content (AvgIpc) is 2.34. The van der Waals surface area contributed by atoms with Gasteiger partial charge in [0.1, 0.15) is 0 Å². The highest BCUT2D eigenvalue weighted by molar-refractivity contribution is 5.78. The van der Waals surface area contributed by atoms with Gasteiger partial charge in [0, 0.05) is 13.0 Å². The van der Waals surface area contributed by atoms with Crippen molar-refractivity contribution >= 4 is 5.91 Å². The van der Waals surface area contributed by atoms with Crippen LogP contribution in [0.5, 0.6) is 0 Å². The summed E-state index contributed by atoms with van der Waals surface area (Å²) in [5.74, 6) is 0.0511. The van der Waals surface area contributed by atoms with Crippen LogP contribution in [-0.2, 0) is 11.2 Å². The van der Waals surface area contributed by atoms with Crippen molar-refractivity contribution in [3.63, 3.8) is 0 Å². The molecule has 0 fully saturated rings. The lowest BCUT2D eigenvalue weighted by Crippen LogP contribution is -2.26. The molecule has 0 bridgehead atoms. The Labute approximate surface area is 109 Å². The molecule has 0 spiro atoms. The number of benzene rings is 1. The predicted molar refractivity (Wildman–Crippen MR) is 72.1 cm³/mol. The molecule has 0 aliphatic carbocycles. The first-order valence-electron chi connectivity index (χ1n) is 6.33. The summed E-state index contributed by atoms with van der Waals surface area (Å²) in [5, 5.41) is 11.3. The van der Waals surface area contributed by atoms with E-state index in [4.69, 9.17) is 5.26 Å². The molecule has 96 valence electrons. The van der Waals surface area contributed by atoms with Crippen LogP contribution in [0.25, 0.3) is 0 Å². The second-order valence-electron chi connectivity index (χ2n) is 4.56. The van der Waals surface area contributed by atoms with Crippen molar-refractivity contribution < 1.29 is 4.79 Å². The van der Waals surface area contributed by atoms with E-state index >= 15 is 0 Å². The molecule has 1 amide bonds. The smallest absolute Gasteiger partial charge is 0.224 e. The molecule has 0 saturated heterocycles. The minimum Gasteiger partial charge on any atom is -0.356 e. The molecule has 1 aromatic rings. The predicted octanol–water partition coefficient (Wildman–Crippen LogP) is 2.66. The van der Waals surface area contributed by atoms with Gasteiger partial charge in [-0.05, 0) is 43.4 Å². The van der Waals surface area contributed by atoms with Gasteiger partial charge in [0.2, 0.25) is 5.91 Å². The van der Waals surface area contributed by atoms with Crippen LogP contribution in [0.15, 0.2) is 18.2 Å². The Morgan fingerprint density at radius 2 is 2.06 bits per heavy atom. The second kappa shape index (κ2) is 7.50. The first-order chi connectivity index (χ1) is 8.63. The summed E-state index contributed by atoms with van der Waals surface area (Å²) in [4.78, 5) is 11.7. The van der Waals surface area contributed by atoms with Crippen LogP contribution in [0.4, 0.5) is 0 Å². The van der Waals surface area contributed by atoms with E-state index in [0.29, 0.717) is 19.4 Å². The molecule has 0 atom stereocenters. The van der Waals surface area contributed by atoms with Gasteiger partial charge in [-0.25, -0.2) is 0 Å². The molecule has 0 radical (unpaired) electrons. The number of amides is 1. The maximum absolute atomic E-state index is 11.7. The van der Waals surface area contributed by atoms with E-state index in [0.717, 1.165) is 18.4 Å². The Balaban J connectivity index is 2.31. The summed E-state index contributed by atoms with van der Waals surface area (Å²) in [6.45, 7) is 4.78. The normalized spacial score (nSPS) is 9.83. The summed E-state index contributed by atoms with van der Waals surface area (Å²) >= 11 is 0. The van der Waals surface area contributed by atoms with E-state index in [1.54, 1.807) is 0 Å². The SMILES string of the molecule is Cc1ccc(CC(=O)NCCCCC#N)cc1C. The second-order valence-corrected chi connectivity index (χ2v) is 4.56. The lowest BCUT2D eigenvalue weighted by atomic mass is 10.0. The van der Waals surface area contributed by atoms with Crippen molar-refractivity contribution in [2.24, 2.45) is 0 Å². The largest absolute Gasteiger partial charge is 0.356 e.